The van der Waals surface area contributed by atoms with Crippen LogP contribution in [0.5, 0.6) is 17.2 Å². The molecule has 144 valence electrons. The third kappa shape index (κ3) is 4.28. The van der Waals surface area contributed by atoms with Crippen molar-refractivity contribution in [3.8, 4) is 17.2 Å². The summed E-state index contributed by atoms with van der Waals surface area (Å²) in [5.74, 6) is 1.95. The van der Waals surface area contributed by atoms with Gasteiger partial charge in [-0.05, 0) is 70.0 Å². The second-order valence-electron chi connectivity index (χ2n) is 5.86. The fraction of sp³-hybridized carbons (Fsp3) is 0.136. The van der Waals surface area contributed by atoms with Crippen molar-refractivity contribution in [2.24, 2.45) is 0 Å². The van der Waals surface area contributed by atoms with Gasteiger partial charge in [-0.25, -0.2) is 4.79 Å². The molecule has 0 radical (unpaired) electrons. The van der Waals surface area contributed by atoms with Crippen molar-refractivity contribution < 1.29 is 23.7 Å². The Hall–Kier alpha value is -2.99. The molecule has 6 heteroatoms. The molecule has 0 spiro atoms. The summed E-state index contributed by atoms with van der Waals surface area (Å²) >= 11 is 3.48. The number of carbonyl (C=O) groups excluding carboxylic acids is 1. The van der Waals surface area contributed by atoms with Crippen LogP contribution in [0.4, 0.5) is 0 Å². The van der Waals surface area contributed by atoms with Gasteiger partial charge in [0.15, 0.2) is 11.5 Å². The normalized spacial score (nSPS) is 14.5. The van der Waals surface area contributed by atoms with Crippen molar-refractivity contribution in [3.63, 3.8) is 0 Å². The fourth-order valence-electron chi connectivity index (χ4n) is 2.67. The van der Waals surface area contributed by atoms with Crippen LogP contribution in [0, 0.1) is 0 Å². The van der Waals surface area contributed by atoms with E-state index in [1.807, 2.05) is 30.3 Å². The molecule has 0 atom stereocenters. The number of benzene rings is 2. The molecule has 0 amide bonds. The summed E-state index contributed by atoms with van der Waals surface area (Å²) in [4.78, 5) is 12.3. The number of hydrogen-bond donors (Lipinski definition) is 0. The summed E-state index contributed by atoms with van der Waals surface area (Å²) < 4.78 is 22.3. The van der Waals surface area contributed by atoms with E-state index in [9.17, 15) is 4.79 Å². The predicted octanol–water partition coefficient (Wildman–Crippen LogP) is 5.01. The Bertz CT molecular complexity index is 958. The van der Waals surface area contributed by atoms with Gasteiger partial charge in [-0.2, -0.15) is 0 Å². The first-order valence-corrected chi connectivity index (χ1v) is 9.26. The first-order valence-electron chi connectivity index (χ1n) is 8.47. The highest BCUT2D eigenvalue weighted by atomic mass is 79.9. The van der Waals surface area contributed by atoms with Crippen LogP contribution < -0.4 is 14.2 Å². The van der Waals surface area contributed by atoms with Gasteiger partial charge in [0.25, 0.3) is 0 Å². The van der Waals surface area contributed by atoms with Crippen LogP contribution in [-0.2, 0) is 9.53 Å². The Balaban J connectivity index is 1.91. The van der Waals surface area contributed by atoms with E-state index >= 15 is 0 Å². The molecule has 0 saturated heterocycles. The van der Waals surface area contributed by atoms with Crippen LogP contribution in [0.1, 0.15) is 11.1 Å². The summed E-state index contributed by atoms with van der Waals surface area (Å²) in [5, 5.41) is 0. The minimum absolute atomic E-state index is 0.357. The zero-order valence-electron chi connectivity index (χ0n) is 15.5. The Morgan fingerprint density at radius 2 is 1.89 bits per heavy atom. The number of hydrogen-bond acceptors (Lipinski definition) is 5. The molecule has 2 aromatic carbocycles. The first-order chi connectivity index (χ1) is 13.5. The van der Waals surface area contributed by atoms with Crippen LogP contribution in [0.25, 0.3) is 11.8 Å². The molecule has 5 nitrogen and oxygen atoms in total. The van der Waals surface area contributed by atoms with Crippen LogP contribution in [-0.4, -0.2) is 26.8 Å². The monoisotopic (exact) mass is 442 g/mol. The topological polar surface area (TPSA) is 54.0 Å². The number of methoxy groups -OCH3 is 2. The Kier molecular flexibility index (Phi) is 6.21. The molecule has 0 aliphatic carbocycles. The summed E-state index contributed by atoms with van der Waals surface area (Å²) in [5.41, 5.74) is 2.01. The molecule has 0 N–H and O–H groups in total. The summed E-state index contributed by atoms with van der Waals surface area (Å²) in [6.45, 7) is 4.00. The largest absolute Gasteiger partial charge is 0.497 e. The van der Waals surface area contributed by atoms with E-state index < -0.39 is 5.97 Å². The second kappa shape index (κ2) is 8.80. The average molecular weight is 443 g/mol. The highest BCUT2D eigenvalue weighted by Crippen LogP contribution is 2.38. The fourth-order valence-corrected chi connectivity index (χ4v) is 3.25. The maximum absolute atomic E-state index is 12.3. The van der Waals surface area contributed by atoms with Gasteiger partial charge in [0.1, 0.15) is 18.1 Å². The van der Waals surface area contributed by atoms with E-state index in [-0.39, 0.29) is 0 Å². The van der Waals surface area contributed by atoms with E-state index in [0.717, 1.165) is 16.9 Å². The lowest BCUT2D eigenvalue weighted by molar-refractivity contribution is -0.130. The van der Waals surface area contributed by atoms with Gasteiger partial charge in [0.2, 0.25) is 0 Å². The maximum Gasteiger partial charge on any atom is 0.343 e. The van der Waals surface area contributed by atoms with Gasteiger partial charge in [0, 0.05) is 5.56 Å². The lowest BCUT2D eigenvalue weighted by Crippen LogP contribution is -1.99. The van der Waals surface area contributed by atoms with Crippen LogP contribution in [0.3, 0.4) is 0 Å². The highest BCUT2D eigenvalue weighted by molar-refractivity contribution is 9.10. The lowest BCUT2D eigenvalue weighted by Gasteiger charge is -2.12. The summed E-state index contributed by atoms with van der Waals surface area (Å²) in [6, 6.07) is 11.0. The molecule has 28 heavy (non-hydrogen) atoms. The van der Waals surface area contributed by atoms with E-state index in [1.54, 1.807) is 38.5 Å². The zero-order chi connectivity index (χ0) is 20.1. The molecule has 1 aliphatic rings. The minimum atomic E-state index is -0.409. The second-order valence-corrected chi connectivity index (χ2v) is 6.71. The lowest BCUT2D eigenvalue weighted by atomic mass is 10.1. The number of halogens is 1. The molecular formula is C22H19BrO5. The van der Waals surface area contributed by atoms with Crippen molar-refractivity contribution >= 4 is 33.7 Å². The van der Waals surface area contributed by atoms with Crippen molar-refractivity contribution in [2.75, 3.05) is 20.8 Å². The van der Waals surface area contributed by atoms with Crippen LogP contribution >= 0.6 is 15.9 Å². The molecule has 0 bridgehead atoms. The van der Waals surface area contributed by atoms with Crippen molar-refractivity contribution in [1.29, 1.82) is 0 Å². The molecule has 0 aromatic heterocycles. The number of ether oxygens (including phenoxy) is 4. The molecule has 0 unspecified atom stereocenters. The van der Waals surface area contributed by atoms with Crippen LogP contribution in [0.15, 0.2) is 65.2 Å². The van der Waals surface area contributed by atoms with Gasteiger partial charge in [0.05, 0.1) is 24.3 Å². The number of rotatable bonds is 7. The zero-order valence-corrected chi connectivity index (χ0v) is 17.1. The third-order valence-corrected chi connectivity index (χ3v) is 4.61. The molecule has 0 saturated carbocycles. The molecule has 1 heterocycles. The molecule has 2 aromatic rings. The van der Waals surface area contributed by atoms with Crippen LogP contribution in [0.2, 0.25) is 0 Å². The van der Waals surface area contributed by atoms with Crippen molar-refractivity contribution in [3.05, 3.63) is 76.3 Å². The van der Waals surface area contributed by atoms with Crippen molar-refractivity contribution in [2.45, 2.75) is 0 Å². The summed E-state index contributed by atoms with van der Waals surface area (Å²) in [7, 11) is 3.16. The van der Waals surface area contributed by atoms with E-state index in [4.69, 9.17) is 18.9 Å². The standard InChI is InChI=1S/C22H19BrO5/c1-4-9-27-21-18(23)11-14(12-20(21)26-3)10-16-13-19(28-22(16)24)15-5-7-17(25-2)8-6-15/h4-8,10-13H,1,9H2,2-3H3/b16-10+. The van der Waals surface area contributed by atoms with Crippen molar-refractivity contribution in [1.82, 2.24) is 0 Å². The molecular weight excluding hydrogens is 424 g/mol. The molecule has 3 rings (SSSR count). The number of cyclic esters (lactones) is 1. The minimum Gasteiger partial charge on any atom is -0.497 e. The summed E-state index contributed by atoms with van der Waals surface area (Å²) in [6.07, 6.45) is 5.11. The SMILES string of the molecule is C=CCOc1c(Br)cc(/C=C2\C=C(c3ccc(OC)cc3)OC2=O)cc1OC. The number of carbonyl (C=O) groups is 1. The molecule has 1 aliphatic heterocycles. The Labute approximate surface area is 172 Å². The Morgan fingerprint density at radius 3 is 2.54 bits per heavy atom. The third-order valence-electron chi connectivity index (χ3n) is 4.02. The highest BCUT2D eigenvalue weighted by Gasteiger charge is 2.22. The van der Waals surface area contributed by atoms with Gasteiger partial charge >= 0.3 is 5.97 Å². The van der Waals surface area contributed by atoms with E-state index in [0.29, 0.717) is 33.9 Å². The smallest absolute Gasteiger partial charge is 0.343 e. The van der Waals surface area contributed by atoms with Gasteiger partial charge in [-0.1, -0.05) is 12.7 Å². The predicted molar refractivity (Wildman–Crippen MR) is 111 cm³/mol. The van der Waals surface area contributed by atoms with E-state index in [1.165, 1.54) is 0 Å². The average Bonchev–Trinajstić information content (AvgIpc) is 3.07. The Morgan fingerprint density at radius 1 is 1.14 bits per heavy atom. The number of esters is 1. The quantitative estimate of drug-likeness (QED) is 0.342. The van der Waals surface area contributed by atoms with Gasteiger partial charge < -0.3 is 18.9 Å². The van der Waals surface area contributed by atoms with Gasteiger partial charge in [-0.15, -0.1) is 0 Å². The first kappa shape index (κ1) is 19.8. The molecule has 0 fully saturated rings. The van der Waals surface area contributed by atoms with Gasteiger partial charge in [-0.3, -0.25) is 0 Å². The maximum atomic E-state index is 12.3. The van der Waals surface area contributed by atoms with E-state index in [2.05, 4.69) is 22.5 Å².